The average molecular weight is 243 g/mol. The quantitative estimate of drug-likeness (QED) is 0.640. The number of nitrogens with two attached hydrogens (primary N) is 1. The first-order valence-electron chi connectivity index (χ1n) is 6.88. The number of β-amino-alcohol motifs (C(OH)–C–C–N with tert-alkyl or cyclic N) is 1. The summed E-state index contributed by atoms with van der Waals surface area (Å²) in [5.41, 5.74) is 4.91. The molecule has 1 saturated heterocycles. The second-order valence-electron chi connectivity index (χ2n) is 5.78. The van der Waals surface area contributed by atoms with Crippen molar-refractivity contribution in [2.24, 2.45) is 5.73 Å². The van der Waals surface area contributed by atoms with Crippen LogP contribution in [0.4, 0.5) is 0 Å². The van der Waals surface area contributed by atoms with E-state index in [1.807, 2.05) is 13.8 Å². The highest BCUT2D eigenvalue weighted by Crippen LogP contribution is 2.09. The predicted octanol–water partition coefficient (Wildman–Crippen LogP) is 0.504. The summed E-state index contributed by atoms with van der Waals surface area (Å²) in [6.45, 7) is 11.0. The third-order valence-corrected chi connectivity index (χ3v) is 3.25. The van der Waals surface area contributed by atoms with E-state index in [0.717, 1.165) is 45.7 Å². The molecule has 1 heterocycles. The van der Waals surface area contributed by atoms with Gasteiger partial charge in [-0.2, -0.15) is 0 Å². The topological polar surface area (TPSA) is 52.7 Å². The fourth-order valence-corrected chi connectivity index (χ4v) is 2.37. The molecule has 17 heavy (non-hydrogen) atoms. The lowest BCUT2D eigenvalue weighted by Gasteiger charge is -2.37. The Kier molecular flexibility index (Phi) is 6.41. The lowest BCUT2D eigenvalue weighted by atomic mass is 10.1. The van der Waals surface area contributed by atoms with Crippen molar-refractivity contribution in [1.29, 1.82) is 0 Å². The van der Waals surface area contributed by atoms with Crippen molar-refractivity contribution in [2.45, 2.75) is 38.7 Å². The number of piperazine rings is 1. The van der Waals surface area contributed by atoms with Crippen molar-refractivity contribution in [1.82, 2.24) is 9.80 Å². The Bertz CT molecular complexity index is 195. The minimum atomic E-state index is -0.566. The molecular formula is C13H29N3O. The molecule has 0 aliphatic carbocycles. The maximum absolute atomic E-state index is 9.77. The lowest BCUT2D eigenvalue weighted by molar-refractivity contribution is 0.0176. The van der Waals surface area contributed by atoms with Crippen LogP contribution < -0.4 is 5.73 Å². The zero-order chi connectivity index (χ0) is 12.7. The lowest BCUT2D eigenvalue weighted by Crippen LogP contribution is -2.50. The first-order chi connectivity index (χ1) is 8.01. The summed E-state index contributed by atoms with van der Waals surface area (Å²) in [6.07, 6.45) is 3.67. The van der Waals surface area contributed by atoms with Crippen LogP contribution >= 0.6 is 0 Å². The summed E-state index contributed by atoms with van der Waals surface area (Å²) in [5, 5.41) is 9.77. The molecule has 0 aromatic heterocycles. The third kappa shape index (κ3) is 6.99. The summed E-state index contributed by atoms with van der Waals surface area (Å²) in [6, 6.07) is 0. The molecule has 0 aromatic carbocycles. The molecule has 0 saturated carbocycles. The van der Waals surface area contributed by atoms with Gasteiger partial charge in [0.05, 0.1) is 5.60 Å². The second kappa shape index (κ2) is 7.31. The molecule has 0 radical (unpaired) electrons. The highest BCUT2D eigenvalue weighted by molar-refractivity contribution is 4.77. The summed E-state index contributed by atoms with van der Waals surface area (Å²) >= 11 is 0. The van der Waals surface area contributed by atoms with E-state index in [4.69, 9.17) is 5.73 Å². The van der Waals surface area contributed by atoms with Crippen molar-refractivity contribution in [2.75, 3.05) is 45.8 Å². The van der Waals surface area contributed by atoms with Crippen LogP contribution in [0.1, 0.15) is 33.1 Å². The Labute approximate surface area is 106 Å². The molecule has 1 rings (SSSR count). The van der Waals surface area contributed by atoms with Crippen LogP contribution in [0.25, 0.3) is 0 Å². The molecule has 0 spiro atoms. The highest BCUT2D eigenvalue weighted by atomic mass is 16.3. The zero-order valence-electron chi connectivity index (χ0n) is 11.5. The van der Waals surface area contributed by atoms with Gasteiger partial charge in [-0.25, -0.2) is 0 Å². The van der Waals surface area contributed by atoms with Crippen molar-refractivity contribution in [3.05, 3.63) is 0 Å². The Morgan fingerprint density at radius 2 is 1.59 bits per heavy atom. The molecule has 0 bridgehead atoms. The third-order valence-electron chi connectivity index (χ3n) is 3.25. The molecule has 0 unspecified atom stereocenters. The Morgan fingerprint density at radius 1 is 1.00 bits per heavy atom. The number of aliphatic hydroxyl groups is 1. The zero-order valence-corrected chi connectivity index (χ0v) is 11.5. The standard InChI is InChI=1S/C13H29N3O/c1-13(2,17)12-16-10-8-15(9-11-16)7-5-3-4-6-14/h17H,3-12,14H2,1-2H3. The molecule has 0 amide bonds. The van der Waals surface area contributed by atoms with Crippen LogP contribution in [0.2, 0.25) is 0 Å². The largest absolute Gasteiger partial charge is 0.389 e. The maximum atomic E-state index is 9.77. The smallest absolute Gasteiger partial charge is 0.0718 e. The molecular weight excluding hydrogens is 214 g/mol. The fraction of sp³-hybridized carbons (Fsp3) is 1.00. The van der Waals surface area contributed by atoms with E-state index in [9.17, 15) is 5.11 Å². The minimum absolute atomic E-state index is 0.566. The molecule has 0 aromatic rings. The molecule has 0 atom stereocenters. The van der Waals surface area contributed by atoms with Crippen molar-refractivity contribution >= 4 is 0 Å². The summed E-state index contributed by atoms with van der Waals surface area (Å²) in [4.78, 5) is 4.88. The Morgan fingerprint density at radius 3 is 2.12 bits per heavy atom. The van der Waals surface area contributed by atoms with Gasteiger partial charge in [0, 0.05) is 32.7 Å². The van der Waals surface area contributed by atoms with Crippen LogP contribution in [-0.2, 0) is 0 Å². The van der Waals surface area contributed by atoms with Gasteiger partial charge >= 0.3 is 0 Å². The summed E-state index contributed by atoms with van der Waals surface area (Å²) in [5.74, 6) is 0. The van der Waals surface area contributed by atoms with E-state index in [-0.39, 0.29) is 0 Å². The van der Waals surface area contributed by atoms with E-state index in [0.29, 0.717) is 0 Å². The maximum Gasteiger partial charge on any atom is 0.0718 e. The van der Waals surface area contributed by atoms with Gasteiger partial charge < -0.3 is 15.7 Å². The molecule has 1 aliphatic heterocycles. The fourth-order valence-electron chi connectivity index (χ4n) is 2.37. The first kappa shape index (κ1) is 14.9. The molecule has 4 heteroatoms. The average Bonchev–Trinajstić information content (AvgIpc) is 2.25. The van der Waals surface area contributed by atoms with Crippen LogP contribution in [0.3, 0.4) is 0 Å². The van der Waals surface area contributed by atoms with Gasteiger partial charge in [0.1, 0.15) is 0 Å². The van der Waals surface area contributed by atoms with Gasteiger partial charge in [0.25, 0.3) is 0 Å². The molecule has 102 valence electrons. The molecule has 3 N–H and O–H groups in total. The second-order valence-corrected chi connectivity index (χ2v) is 5.78. The van der Waals surface area contributed by atoms with Crippen LogP contribution in [0.5, 0.6) is 0 Å². The van der Waals surface area contributed by atoms with Crippen LogP contribution in [0.15, 0.2) is 0 Å². The van der Waals surface area contributed by atoms with Gasteiger partial charge in [0.15, 0.2) is 0 Å². The van der Waals surface area contributed by atoms with E-state index < -0.39 is 5.60 Å². The van der Waals surface area contributed by atoms with Crippen molar-refractivity contribution < 1.29 is 5.11 Å². The summed E-state index contributed by atoms with van der Waals surface area (Å²) in [7, 11) is 0. The highest BCUT2D eigenvalue weighted by Gasteiger charge is 2.22. The van der Waals surface area contributed by atoms with Gasteiger partial charge in [-0.1, -0.05) is 6.42 Å². The number of rotatable bonds is 7. The minimum Gasteiger partial charge on any atom is -0.389 e. The van der Waals surface area contributed by atoms with Gasteiger partial charge in [-0.15, -0.1) is 0 Å². The van der Waals surface area contributed by atoms with E-state index in [2.05, 4.69) is 9.80 Å². The molecule has 4 nitrogen and oxygen atoms in total. The van der Waals surface area contributed by atoms with Crippen LogP contribution in [-0.4, -0.2) is 66.3 Å². The van der Waals surface area contributed by atoms with E-state index in [1.165, 1.54) is 19.4 Å². The molecule has 1 fully saturated rings. The van der Waals surface area contributed by atoms with E-state index >= 15 is 0 Å². The normalized spacial score (nSPS) is 19.8. The van der Waals surface area contributed by atoms with Crippen molar-refractivity contribution in [3.63, 3.8) is 0 Å². The first-order valence-corrected chi connectivity index (χ1v) is 6.88. The number of hydrogen-bond acceptors (Lipinski definition) is 4. The van der Waals surface area contributed by atoms with Gasteiger partial charge in [-0.3, -0.25) is 4.90 Å². The monoisotopic (exact) mass is 243 g/mol. The number of unbranched alkanes of at least 4 members (excludes halogenated alkanes) is 2. The van der Waals surface area contributed by atoms with Gasteiger partial charge in [-0.05, 0) is 39.8 Å². The molecule has 1 aliphatic rings. The van der Waals surface area contributed by atoms with Crippen LogP contribution in [0, 0.1) is 0 Å². The van der Waals surface area contributed by atoms with E-state index in [1.54, 1.807) is 0 Å². The summed E-state index contributed by atoms with van der Waals surface area (Å²) < 4.78 is 0. The SMILES string of the molecule is CC(C)(O)CN1CCN(CCCCCN)CC1. The number of hydrogen-bond donors (Lipinski definition) is 2. The van der Waals surface area contributed by atoms with Gasteiger partial charge in [0.2, 0.25) is 0 Å². The Balaban J connectivity index is 2.09. The predicted molar refractivity (Wildman–Crippen MR) is 72.1 cm³/mol. The van der Waals surface area contributed by atoms with Crippen molar-refractivity contribution in [3.8, 4) is 0 Å². The number of nitrogens with zero attached hydrogens (tertiary/aromatic N) is 2. The Hall–Kier alpha value is -0.160.